The largest absolute Gasteiger partial charge is 0.357 e. The Kier molecular flexibility index (Phi) is 8.58. The van der Waals surface area contributed by atoms with Gasteiger partial charge in [0, 0.05) is 32.0 Å². The van der Waals surface area contributed by atoms with Crippen molar-refractivity contribution in [3.63, 3.8) is 0 Å². The first kappa shape index (κ1) is 22.5. The van der Waals surface area contributed by atoms with Crippen LogP contribution in [0.1, 0.15) is 37.5 Å². The molecule has 0 bridgehead atoms. The van der Waals surface area contributed by atoms with E-state index in [0.29, 0.717) is 24.5 Å². The van der Waals surface area contributed by atoms with E-state index in [2.05, 4.69) is 32.6 Å². The van der Waals surface area contributed by atoms with Crippen molar-refractivity contribution in [3.05, 3.63) is 47.0 Å². The first-order valence-electron chi connectivity index (χ1n) is 9.50. The van der Waals surface area contributed by atoms with Crippen molar-refractivity contribution in [1.29, 1.82) is 0 Å². The average Bonchev–Trinajstić information content (AvgIpc) is 3.07. The maximum atomic E-state index is 13.7. The van der Waals surface area contributed by atoms with Gasteiger partial charge < -0.3 is 10.6 Å². The number of nitrogens with one attached hydrogen (secondary N) is 2. The molecule has 2 heterocycles. The Hall–Kier alpha value is -1.78. The molecule has 2 aromatic rings. The maximum Gasteiger partial charge on any atom is 0.191 e. The molecule has 0 fully saturated rings. The van der Waals surface area contributed by atoms with Crippen molar-refractivity contribution in [2.45, 2.75) is 52.1 Å². The van der Waals surface area contributed by atoms with Crippen LogP contribution >= 0.6 is 24.0 Å². The summed E-state index contributed by atoms with van der Waals surface area (Å²) in [6.07, 6.45) is 3.00. The van der Waals surface area contributed by atoms with Crippen molar-refractivity contribution >= 4 is 29.9 Å². The first-order valence-corrected chi connectivity index (χ1v) is 9.50. The number of aromatic nitrogens is 3. The van der Waals surface area contributed by atoms with Crippen LogP contribution < -0.4 is 10.6 Å². The highest BCUT2D eigenvalue weighted by atomic mass is 127. The molecule has 0 radical (unpaired) electrons. The molecule has 0 saturated carbocycles. The average molecular weight is 504 g/mol. The van der Waals surface area contributed by atoms with Gasteiger partial charge in [-0.3, -0.25) is 4.99 Å². The molecule has 0 saturated heterocycles. The van der Waals surface area contributed by atoms with E-state index in [9.17, 15) is 8.78 Å². The van der Waals surface area contributed by atoms with Crippen LogP contribution in [0.3, 0.4) is 0 Å². The van der Waals surface area contributed by atoms with Crippen molar-refractivity contribution in [2.24, 2.45) is 4.99 Å². The number of benzene rings is 1. The van der Waals surface area contributed by atoms with Crippen LogP contribution in [0.4, 0.5) is 8.78 Å². The molecule has 0 aliphatic carbocycles. The van der Waals surface area contributed by atoms with Crippen LogP contribution in [-0.4, -0.2) is 39.9 Å². The number of fused-ring (bicyclic) bond motifs is 1. The zero-order valence-electron chi connectivity index (χ0n) is 16.2. The number of guanidine groups is 1. The molecule has 1 unspecified atom stereocenters. The number of hydrogen-bond acceptors (Lipinski definition) is 3. The van der Waals surface area contributed by atoms with Gasteiger partial charge in [0.25, 0.3) is 0 Å². The third-order valence-corrected chi connectivity index (χ3v) is 4.56. The van der Waals surface area contributed by atoms with Crippen LogP contribution in [0, 0.1) is 11.6 Å². The zero-order valence-corrected chi connectivity index (χ0v) is 18.5. The molecule has 1 aliphatic heterocycles. The van der Waals surface area contributed by atoms with Crippen LogP contribution in [0.5, 0.6) is 0 Å². The van der Waals surface area contributed by atoms with Gasteiger partial charge in [-0.1, -0.05) is 6.92 Å². The fourth-order valence-corrected chi connectivity index (χ4v) is 3.16. The maximum absolute atomic E-state index is 13.7. The molecule has 6 nitrogen and oxygen atoms in total. The molecule has 1 aromatic heterocycles. The molecule has 28 heavy (non-hydrogen) atoms. The minimum atomic E-state index is -0.433. The summed E-state index contributed by atoms with van der Waals surface area (Å²) in [7, 11) is 0. The van der Waals surface area contributed by atoms with E-state index in [1.54, 1.807) is 0 Å². The van der Waals surface area contributed by atoms with Gasteiger partial charge in [-0.2, -0.15) is 5.10 Å². The van der Waals surface area contributed by atoms with Crippen molar-refractivity contribution in [3.8, 4) is 0 Å². The van der Waals surface area contributed by atoms with Crippen molar-refractivity contribution < 1.29 is 8.78 Å². The highest BCUT2D eigenvalue weighted by molar-refractivity contribution is 14.0. The monoisotopic (exact) mass is 504 g/mol. The fraction of sp³-hybridized carbons (Fsp3) is 0.526. The molecule has 3 rings (SSSR count). The summed E-state index contributed by atoms with van der Waals surface area (Å²) in [5.41, 5.74) is 0.339. The molecule has 1 aliphatic rings. The van der Waals surface area contributed by atoms with E-state index in [1.165, 1.54) is 6.07 Å². The second-order valence-electron chi connectivity index (χ2n) is 6.61. The normalized spacial score (nSPS) is 16.3. The summed E-state index contributed by atoms with van der Waals surface area (Å²) < 4.78 is 29.0. The van der Waals surface area contributed by atoms with Gasteiger partial charge in [-0.05, 0) is 43.5 Å². The molecular weight excluding hydrogens is 477 g/mol. The fourth-order valence-electron chi connectivity index (χ4n) is 3.16. The number of rotatable bonds is 6. The van der Waals surface area contributed by atoms with Crippen molar-refractivity contribution in [1.82, 2.24) is 25.4 Å². The van der Waals surface area contributed by atoms with Crippen molar-refractivity contribution in [2.75, 3.05) is 13.1 Å². The molecule has 1 aromatic carbocycles. The van der Waals surface area contributed by atoms with Gasteiger partial charge >= 0.3 is 0 Å². The second kappa shape index (κ2) is 10.7. The summed E-state index contributed by atoms with van der Waals surface area (Å²) in [6, 6.07) is 3.70. The van der Waals surface area contributed by atoms with Gasteiger partial charge in [0.1, 0.15) is 17.5 Å². The molecule has 154 valence electrons. The lowest BCUT2D eigenvalue weighted by Gasteiger charge is -2.25. The summed E-state index contributed by atoms with van der Waals surface area (Å²) in [5.74, 6) is 1.76. The lowest BCUT2D eigenvalue weighted by Crippen LogP contribution is -2.47. The van der Waals surface area contributed by atoms with Crippen LogP contribution in [-0.2, 0) is 25.8 Å². The number of aryl methyl sites for hydroxylation is 2. The molecule has 0 spiro atoms. The SMILES string of the molecule is CCNC(=NCCc1cc(F)ccc1F)NC1CCc2nc(CC)nn2C1.I. The Labute approximate surface area is 181 Å². The number of halogens is 3. The molecular formula is C19H27F2IN6. The summed E-state index contributed by atoms with van der Waals surface area (Å²) in [4.78, 5) is 9.04. The summed E-state index contributed by atoms with van der Waals surface area (Å²) >= 11 is 0. The predicted octanol–water partition coefficient (Wildman–Crippen LogP) is 2.85. The minimum Gasteiger partial charge on any atom is -0.357 e. The Morgan fingerprint density at radius 2 is 2.14 bits per heavy atom. The molecule has 9 heteroatoms. The summed E-state index contributed by atoms with van der Waals surface area (Å²) in [6.45, 7) is 5.88. The van der Waals surface area contributed by atoms with Crippen LogP contribution in [0.15, 0.2) is 23.2 Å². The third kappa shape index (κ3) is 5.86. The Morgan fingerprint density at radius 1 is 1.32 bits per heavy atom. The van der Waals surface area contributed by atoms with Crippen LogP contribution in [0.2, 0.25) is 0 Å². The highest BCUT2D eigenvalue weighted by Crippen LogP contribution is 2.13. The van der Waals surface area contributed by atoms with Gasteiger partial charge in [-0.25, -0.2) is 18.4 Å². The van der Waals surface area contributed by atoms with E-state index in [4.69, 9.17) is 0 Å². The third-order valence-electron chi connectivity index (χ3n) is 4.56. The topological polar surface area (TPSA) is 67.1 Å². The van der Waals surface area contributed by atoms with Gasteiger partial charge in [0.05, 0.1) is 6.54 Å². The Bertz CT molecular complexity index is 808. The second-order valence-corrected chi connectivity index (χ2v) is 6.61. The van der Waals surface area contributed by atoms with E-state index < -0.39 is 11.6 Å². The smallest absolute Gasteiger partial charge is 0.191 e. The van der Waals surface area contributed by atoms with Gasteiger partial charge in [0.2, 0.25) is 0 Å². The lowest BCUT2D eigenvalue weighted by atomic mass is 10.1. The van der Waals surface area contributed by atoms with Gasteiger partial charge in [0.15, 0.2) is 11.8 Å². The summed E-state index contributed by atoms with van der Waals surface area (Å²) in [5, 5.41) is 11.1. The number of aliphatic imine (C=N–C) groups is 1. The molecule has 1 atom stereocenters. The molecule has 2 N–H and O–H groups in total. The van der Waals surface area contributed by atoms with E-state index in [-0.39, 0.29) is 30.0 Å². The van der Waals surface area contributed by atoms with Crippen LogP contribution in [0.25, 0.3) is 0 Å². The highest BCUT2D eigenvalue weighted by Gasteiger charge is 2.22. The van der Waals surface area contributed by atoms with E-state index >= 15 is 0 Å². The van der Waals surface area contributed by atoms with E-state index in [1.807, 2.05) is 11.6 Å². The first-order chi connectivity index (χ1) is 13.1. The number of hydrogen-bond donors (Lipinski definition) is 2. The van der Waals surface area contributed by atoms with Gasteiger partial charge in [-0.15, -0.1) is 24.0 Å². The lowest BCUT2D eigenvalue weighted by molar-refractivity contribution is 0.392. The zero-order chi connectivity index (χ0) is 19.2. The number of nitrogens with zero attached hydrogens (tertiary/aromatic N) is 4. The predicted molar refractivity (Wildman–Crippen MR) is 116 cm³/mol. The van der Waals surface area contributed by atoms with E-state index in [0.717, 1.165) is 56.1 Å². The quantitative estimate of drug-likeness (QED) is 0.361. The molecule has 0 amide bonds. The Balaban J connectivity index is 0.00000280. The minimum absolute atomic E-state index is 0. The standard InChI is InChI=1S/C19H26F2N6.HI/c1-3-17-25-18-8-6-15(12-27(18)26-17)24-19(22-4-2)23-10-9-13-11-14(20)5-7-16(13)21;/h5,7,11,15H,3-4,6,8-10,12H2,1-2H3,(H2,22,23,24);1H. The Morgan fingerprint density at radius 3 is 2.89 bits per heavy atom.